The van der Waals surface area contributed by atoms with Gasteiger partial charge in [0.05, 0.1) is 0 Å². The second-order valence-electron chi connectivity index (χ2n) is 4.87. The number of aryl methyl sites for hydroxylation is 1. The Morgan fingerprint density at radius 3 is 2.47 bits per heavy atom. The predicted octanol–water partition coefficient (Wildman–Crippen LogP) is 1.81. The zero-order valence-electron chi connectivity index (χ0n) is 10.3. The van der Waals surface area contributed by atoms with E-state index >= 15 is 0 Å². The summed E-state index contributed by atoms with van der Waals surface area (Å²) in [7, 11) is 1.97. The van der Waals surface area contributed by atoms with Gasteiger partial charge in [-0.1, -0.05) is 32.9 Å². The quantitative estimate of drug-likeness (QED) is 0.825. The molecule has 0 fully saturated rings. The molecule has 0 spiro atoms. The monoisotopic (exact) mass is 211 g/mol. The molecule has 4 heteroatoms. The van der Waals surface area contributed by atoms with Crippen LogP contribution >= 0.6 is 0 Å². The highest BCUT2D eigenvalue weighted by Crippen LogP contribution is 2.21. The molecule has 1 aromatic rings. The Hall–Kier alpha value is -0.900. The molecule has 0 aromatic carbocycles. The van der Waals surface area contributed by atoms with Gasteiger partial charge in [-0.2, -0.15) is 4.98 Å². The zero-order chi connectivity index (χ0) is 11.5. The van der Waals surface area contributed by atoms with Gasteiger partial charge in [-0.15, -0.1) is 0 Å². The summed E-state index contributed by atoms with van der Waals surface area (Å²) in [5, 5.41) is 7.18. The highest BCUT2D eigenvalue weighted by molar-refractivity contribution is 4.92. The van der Waals surface area contributed by atoms with Crippen LogP contribution in [-0.4, -0.2) is 23.2 Å². The summed E-state index contributed by atoms with van der Waals surface area (Å²) in [5.74, 6) is 1.51. The first-order valence-corrected chi connectivity index (χ1v) is 5.46. The van der Waals surface area contributed by atoms with Crippen molar-refractivity contribution in [3.8, 4) is 0 Å². The first-order valence-electron chi connectivity index (χ1n) is 5.46. The Labute approximate surface area is 91.5 Å². The number of hydrogen-bond donors (Lipinski definition) is 1. The maximum absolute atomic E-state index is 5.18. The standard InChI is InChI=1S/C11H21N3O/c1-6-9-13-10(15-14-9)7-8(12-5)11(2,3)4/h8,12H,6-7H2,1-5H3. The van der Waals surface area contributed by atoms with Crippen molar-refractivity contribution >= 4 is 0 Å². The van der Waals surface area contributed by atoms with E-state index in [4.69, 9.17) is 4.52 Å². The highest BCUT2D eigenvalue weighted by Gasteiger charge is 2.25. The molecule has 1 aromatic heterocycles. The van der Waals surface area contributed by atoms with E-state index in [1.165, 1.54) is 0 Å². The Balaban J connectivity index is 2.67. The summed E-state index contributed by atoms with van der Waals surface area (Å²) >= 11 is 0. The minimum Gasteiger partial charge on any atom is -0.339 e. The summed E-state index contributed by atoms with van der Waals surface area (Å²) in [6, 6.07) is 0.350. The fraction of sp³-hybridized carbons (Fsp3) is 0.818. The van der Waals surface area contributed by atoms with Crippen molar-refractivity contribution in [1.29, 1.82) is 0 Å². The molecule has 0 amide bonds. The van der Waals surface area contributed by atoms with Crippen LogP contribution in [0.15, 0.2) is 4.52 Å². The fourth-order valence-corrected chi connectivity index (χ4v) is 1.53. The largest absolute Gasteiger partial charge is 0.339 e. The van der Waals surface area contributed by atoms with E-state index in [2.05, 4.69) is 36.2 Å². The van der Waals surface area contributed by atoms with Crippen molar-refractivity contribution in [3.63, 3.8) is 0 Å². The molecule has 86 valence electrons. The number of nitrogens with one attached hydrogen (secondary N) is 1. The molecule has 0 bridgehead atoms. The molecule has 0 aliphatic heterocycles. The van der Waals surface area contributed by atoms with E-state index in [1.807, 2.05) is 14.0 Å². The maximum atomic E-state index is 5.18. The number of rotatable bonds is 4. The van der Waals surface area contributed by atoms with Gasteiger partial charge in [-0.05, 0) is 12.5 Å². The van der Waals surface area contributed by atoms with Crippen LogP contribution in [0.2, 0.25) is 0 Å². The molecule has 1 unspecified atom stereocenters. The van der Waals surface area contributed by atoms with Gasteiger partial charge < -0.3 is 9.84 Å². The average molecular weight is 211 g/mol. The van der Waals surface area contributed by atoms with Crippen LogP contribution in [0, 0.1) is 5.41 Å². The molecule has 1 rings (SSSR count). The maximum Gasteiger partial charge on any atom is 0.228 e. The van der Waals surface area contributed by atoms with Gasteiger partial charge >= 0.3 is 0 Å². The average Bonchev–Trinajstić information content (AvgIpc) is 2.59. The van der Waals surface area contributed by atoms with Crippen LogP contribution in [0.25, 0.3) is 0 Å². The third-order valence-electron chi connectivity index (χ3n) is 2.60. The van der Waals surface area contributed by atoms with Crippen molar-refractivity contribution in [3.05, 3.63) is 11.7 Å². The van der Waals surface area contributed by atoms with Gasteiger partial charge in [-0.25, -0.2) is 0 Å². The molecule has 1 heterocycles. The van der Waals surface area contributed by atoms with E-state index in [9.17, 15) is 0 Å². The number of aromatic nitrogens is 2. The summed E-state index contributed by atoms with van der Waals surface area (Å²) in [6.45, 7) is 8.62. The number of nitrogens with zero attached hydrogens (tertiary/aromatic N) is 2. The van der Waals surface area contributed by atoms with Gasteiger partial charge in [0.1, 0.15) is 0 Å². The topological polar surface area (TPSA) is 51.0 Å². The lowest BCUT2D eigenvalue weighted by Crippen LogP contribution is -2.39. The number of hydrogen-bond acceptors (Lipinski definition) is 4. The SMILES string of the molecule is CCc1noc(CC(NC)C(C)(C)C)n1. The van der Waals surface area contributed by atoms with Crippen LogP contribution in [0.5, 0.6) is 0 Å². The molecule has 0 aliphatic rings. The molecule has 4 nitrogen and oxygen atoms in total. The molecule has 0 aliphatic carbocycles. The van der Waals surface area contributed by atoms with Gasteiger partial charge in [0, 0.05) is 18.9 Å². The summed E-state index contributed by atoms with van der Waals surface area (Å²) in [4.78, 5) is 4.31. The third kappa shape index (κ3) is 3.30. The second-order valence-corrected chi connectivity index (χ2v) is 4.87. The van der Waals surface area contributed by atoms with Crippen molar-refractivity contribution in [2.24, 2.45) is 5.41 Å². The lowest BCUT2D eigenvalue weighted by atomic mass is 9.85. The highest BCUT2D eigenvalue weighted by atomic mass is 16.5. The van der Waals surface area contributed by atoms with Crippen LogP contribution in [0.3, 0.4) is 0 Å². The van der Waals surface area contributed by atoms with E-state index in [0.717, 1.165) is 24.6 Å². The Bertz CT molecular complexity index is 301. The first kappa shape index (κ1) is 12.2. The Morgan fingerprint density at radius 2 is 2.07 bits per heavy atom. The van der Waals surface area contributed by atoms with Crippen LogP contribution in [0.4, 0.5) is 0 Å². The smallest absolute Gasteiger partial charge is 0.228 e. The molecular formula is C11H21N3O. The van der Waals surface area contributed by atoms with Gasteiger partial charge in [0.15, 0.2) is 5.82 Å². The lowest BCUT2D eigenvalue weighted by Gasteiger charge is -2.29. The minimum absolute atomic E-state index is 0.190. The van der Waals surface area contributed by atoms with Gasteiger partial charge in [0.25, 0.3) is 0 Å². The first-order chi connectivity index (χ1) is 6.97. The normalized spacial score (nSPS) is 14.2. The molecule has 15 heavy (non-hydrogen) atoms. The number of likely N-dealkylation sites (N-methyl/N-ethyl adjacent to an activating group) is 1. The van der Waals surface area contributed by atoms with Crippen LogP contribution in [0.1, 0.15) is 39.4 Å². The van der Waals surface area contributed by atoms with E-state index in [0.29, 0.717) is 6.04 Å². The van der Waals surface area contributed by atoms with E-state index in [1.54, 1.807) is 0 Å². The predicted molar refractivity (Wildman–Crippen MR) is 59.7 cm³/mol. The fourth-order valence-electron chi connectivity index (χ4n) is 1.53. The van der Waals surface area contributed by atoms with Crippen molar-refractivity contribution < 1.29 is 4.52 Å². The van der Waals surface area contributed by atoms with Crippen molar-refractivity contribution in [2.45, 2.75) is 46.6 Å². The summed E-state index contributed by atoms with van der Waals surface area (Å²) in [5.41, 5.74) is 0.190. The molecule has 0 saturated carbocycles. The summed E-state index contributed by atoms with van der Waals surface area (Å²) in [6.07, 6.45) is 1.61. The lowest BCUT2D eigenvalue weighted by molar-refractivity contribution is 0.255. The minimum atomic E-state index is 0.190. The van der Waals surface area contributed by atoms with Crippen molar-refractivity contribution in [1.82, 2.24) is 15.5 Å². The third-order valence-corrected chi connectivity index (χ3v) is 2.60. The van der Waals surface area contributed by atoms with Crippen LogP contribution in [-0.2, 0) is 12.8 Å². The zero-order valence-corrected chi connectivity index (χ0v) is 10.3. The molecule has 0 saturated heterocycles. The summed E-state index contributed by atoms with van der Waals surface area (Å²) < 4.78 is 5.18. The molecule has 1 atom stereocenters. The molecule has 1 N–H and O–H groups in total. The second kappa shape index (κ2) is 4.75. The molecular weight excluding hydrogens is 190 g/mol. The van der Waals surface area contributed by atoms with Crippen LogP contribution < -0.4 is 5.32 Å². The van der Waals surface area contributed by atoms with Gasteiger partial charge in [-0.3, -0.25) is 0 Å². The van der Waals surface area contributed by atoms with Gasteiger partial charge in [0.2, 0.25) is 5.89 Å². The van der Waals surface area contributed by atoms with E-state index < -0.39 is 0 Å². The van der Waals surface area contributed by atoms with E-state index in [-0.39, 0.29) is 5.41 Å². The Morgan fingerprint density at radius 1 is 1.40 bits per heavy atom. The Kier molecular flexibility index (Phi) is 3.85. The van der Waals surface area contributed by atoms with Crippen molar-refractivity contribution in [2.75, 3.05) is 7.05 Å². The molecule has 0 radical (unpaired) electrons.